The van der Waals surface area contributed by atoms with E-state index in [0.717, 1.165) is 15.5 Å². The molecule has 0 radical (unpaired) electrons. The fraction of sp³-hybridized carbons (Fsp3) is 0.300. The predicted octanol–water partition coefficient (Wildman–Crippen LogP) is 2.45. The van der Waals surface area contributed by atoms with Gasteiger partial charge in [-0.3, -0.25) is 0 Å². The summed E-state index contributed by atoms with van der Waals surface area (Å²) in [4.78, 5) is 12.6. The van der Waals surface area contributed by atoms with Gasteiger partial charge in [-0.15, -0.1) is 11.6 Å². The highest BCUT2D eigenvalue weighted by atomic mass is 79.9. The first kappa shape index (κ1) is 12.3. The van der Waals surface area contributed by atoms with Gasteiger partial charge in [-0.1, -0.05) is 0 Å². The molecule has 0 bridgehead atoms. The van der Waals surface area contributed by atoms with E-state index in [0.29, 0.717) is 24.3 Å². The minimum Gasteiger partial charge on any atom is -0.462 e. The molecule has 0 unspecified atom stereocenters. The van der Waals surface area contributed by atoms with Gasteiger partial charge in [0.05, 0.1) is 17.6 Å². The lowest BCUT2D eigenvalue weighted by Gasteiger charge is -2.08. The van der Waals surface area contributed by atoms with Crippen LogP contribution in [0.4, 0.5) is 5.82 Å². The molecule has 0 spiro atoms. The van der Waals surface area contributed by atoms with E-state index in [-0.39, 0.29) is 0 Å². The van der Waals surface area contributed by atoms with Crippen LogP contribution in [-0.2, 0) is 0 Å². The van der Waals surface area contributed by atoms with Crippen LogP contribution in [0.1, 0.15) is 0 Å². The molecule has 0 atom stereocenters. The molecule has 2 heterocycles. The number of halogens is 2. The molecule has 17 heavy (non-hydrogen) atoms. The Labute approximate surface area is 112 Å². The molecule has 90 valence electrons. The molecule has 2 rings (SSSR count). The molecule has 0 fully saturated rings. The summed E-state index contributed by atoms with van der Waals surface area (Å²) >= 11 is 8.86. The molecule has 5 nitrogen and oxygen atoms in total. The van der Waals surface area contributed by atoms with Crippen LogP contribution in [0, 0.1) is 0 Å². The molecule has 0 aliphatic heterocycles. The van der Waals surface area contributed by atoms with Crippen molar-refractivity contribution in [1.29, 1.82) is 0 Å². The van der Waals surface area contributed by atoms with E-state index in [1.807, 2.05) is 6.07 Å². The van der Waals surface area contributed by atoms with Crippen molar-refractivity contribution in [3.8, 4) is 6.01 Å². The smallest absolute Gasteiger partial charge is 0.319 e. The number of fused-ring (bicyclic) bond motifs is 1. The lowest BCUT2D eigenvalue weighted by atomic mass is 10.3. The second kappa shape index (κ2) is 5.46. The quantitative estimate of drug-likeness (QED) is 0.693. The Morgan fingerprint density at radius 3 is 3.00 bits per heavy atom. The monoisotopic (exact) mass is 316 g/mol. The van der Waals surface area contributed by atoms with Gasteiger partial charge in [-0.2, -0.15) is 9.97 Å². The minimum absolute atomic E-state index is 0.298. The Kier molecular flexibility index (Phi) is 3.96. The fourth-order valence-electron chi connectivity index (χ4n) is 1.37. The summed E-state index contributed by atoms with van der Waals surface area (Å²) in [5.74, 6) is 1.09. The van der Waals surface area contributed by atoms with E-state index in [1.165, 1.54) is 0 Å². The summed E-state index contributed by atoms with van der Waals surface area (Å²) in [5, 5.41) is 3.88. The van der Waals surface area contributed by atoms with Gasteiger partial charge in [0.1, 0.15) is 17.0 Å². The highest BCUT2D eigenvalue weighted by Crippen LogP contribution is 2.24. The number of nitrogens with zero attached hydrogens (tertiary/aromatic N) is 3. The lowest BCUT2D eigenvalue weighted by molar-refractivity contribution is 0.317. The second-order valence-electron chi connectivity index (χ2n) is 3.17. The van der Waals surface area contributed by atoms with E-state index in [1.54, 1.807) is 13.2 Å². The Balaban J connectivity index is 2.50. The van der Waals surface area contributed by atoms with Crippen molar-refractivity contribution in [2.24, 2.45) is 0 Å². The minimum atomic E-state index is 0.298. The topological polar surface area (TPSA) is 59.9 Å². The summed E-state index contributed by atoms with van der Waals surface area (Å²) in [6, 6.07) is 2.15. The maximum absolute atomic E-state index is 5.55. The number of pyridine rings is 1. The summed E-state index contributed by atoms with van der Waals surface area (Å²) in [7, 11) is 1.79. The number of ether oxygens (including phenoxy) is 1. The molecule has 2 aromatic heterocycles. The van der Waals surface area contributed by atoms with Crippen LogP contribution in [0.15, 0.2) is 16.9 Å². The van der Waals surface area contributed by atoms with Crippen LogP contribution >= 0.6 is 27.5 Å². The van der Waals surface area contributed by atoms with Gasteiger partial charge in [-0.05, 0) is 22.0 Å². The Bertz CT molecular complexity index is 537. The molecule has 0 aromatic carbocycles. The molecule has 0 saturated heterocycles. The highest BCUT2D eigenvalue weighted by Gasteiger charge is 2.08. The zero-order valence-corrected chi connectivity index (χ0v) is 11.4. The Hall–Kier alpha value is -1.14. The number of hydrogen-bond donors (Lipinski definition) is 1. The van der Waals surface area contributed by atoms with Crippen molar-refractivity contribution >= 4 is 44.3 Å². The third-order valence-electron chi connectivity index (χ3n) is 2.07. The van der Waals surface area contributed by atoms with E-state index in [9.17, 15) is 0 Å². The first-order valence-corrected chi connectivity index (χ1v) is 6.27. The third kappa shape index (κ3) is 2.76. The van der Waals surface area contributed by atoms with Gasteiger partial charge < -0.3 is 10.1 Å². The SMILES string of the molecule is CNc1nc(OCCCl)nc2cnc(Br)cc12. The average molecular weight is 318 g/mol. The van der Waals surface area contributed by atoms with Gasteiger partial charge in [-0.25, -0.2) is 4.98 Å². The third-order valence-corrected chi connectivity index (χ3v) is 2.66. The number of rotatable bonds is 4. The summed E-state index contributed by atoms with van der Waals surface area (Å²) in [6.45, 7) is 0.375. The molecular weight excluding hydrogens is 307 g/mol. The zero-order chi connectivity index (χ0) is 12.3. The standard InChI is InChI=1S/C10H10BrClN4O/c1-13-9-6-4-8(11)14-5-7(6)15-10(16-9)17-3-2-12/h4-5H,2-3H2,1H3,(H,13,15,16). The van der Waals surface area contributed by atoms with Crippen molar-refractivity contribution in [1.82, 2.24) is 15.0 Å². The lowest BCUT2D eigenvalue weighted by Crippen LogP contribution is -2.05. The van der Waals surface area contributed by atoms with E-state index < -0.39 is 0 Å². The number of anilines is 1. The van der Waals surface area contributed by atoms with Crippen molar-refractivity contribution in [2.45, 2.75) is 0 Å². The van der Waals surface area contributed by atoms with Crippen molar-refractivity contribution in [2.75, 3.05) is 24.9 Å². The number of alkyl halides is 1. The Morgan fingerprint density at radius 1 is 1.47 bits per heavy atom. The molecule has 0 amide bonds. The Morgan fingerprint density at radius 2 is 2.29 bits per heavy atom. The largest absolute Gasteiger partial charge is 0.462 e. The first-order chi connectivity index (χ1) is 8.24. The predicted molar refractivity (Wildman–Crippen MR) is 70.8 cm³/mol. The van der Waals surface area contributed by atoms with E-state index in [2.05, 4.69) is 36.2 Å². The van der Waals surface area contributed by atoms with Crippen LogP contribution in [0.2, 0.25) is 0 Å². The number of nitrogens with one attached hydrogen (secondary N) is 1. The van der Waals surface area contributed by atoms with Gasteiger partial charge >= 0.3 is 6.01 Å². The molecule has 1 N–H and O–H groups in total. The van der Waals surface area contributed by atoms with E-state index in [4.69, 9.17) is 16.3 Å². The molecule has 0 saturated carbocycles. The van der Waals surface area contributed by atoms with Crippen LogP contribution < -0.4 is 10.1 Å². The highest BCUT2D eigenvalue weighted by molar-refractivity contribution is 9.10. The number of hydrogen-bond acceptors (Lipinski definition) is 5. The van der Waals surface area contributed by atoms with Gasteiger partial charge in [0, 0.05) is 12.4 Å². The summed E-state index contributed by atoms with van der Waals surface area (Å²) in [6.07, 6.45) is 1.66. The van der Waals surface area contributed by atoms with Crippen molar-refractivity contribution in [3.63, 3.8) is 0 Å². The number of aromatic nitrogens is 3. The van der Waals surface area contributed by atoms with Gasteiger partial charge in [0.2, 0.25) is 0 Å². The van der Waals surface area contributed by atoms with Crippen molar-refractivity contribution in [3.05, 3.63) is 16.9 Å². The normalized spacial score (nSPS) is 10.5. The summed E-state index contributed by atoms with van der Waals surface area (Å²) < 4.78 is 6.04. The maximum atomic E-state index is 5.55. The fourth-order valence-corrected chi connectivity index (χ4v) is 1.78. The van der Waals surface area contributed by atoms with Gasteiger partial charge in [0.15, 0.2) is 0 Å². The summed E-state index contributed by atoms with van der Waals surface area (Å²) in [5.41, 5.74) is 0.720. The van der Waals surface area contributed by atoms with Crippen molar-refractivity contribution < 1.29 is 4.74 Å². The molecule has 7 heteroatoms. The maximum Gasteiger partial charge on any atom is 0.319 e. The van der Waals surface area contributed by atoms with Gasteiger partial charge in [0.25, 0.3) is 0 Å². The first-order valence-electron chi connectivity index (χ1n) is 4.94. The second-order valence-corrected chi connectivity index (χ2v) is 4.36. The molecular formula is C10H10BrClN4O. The molecule has 0 aliphatic rings. The molecule has 0 aliphatic carbocycles. The average Bonchev–Trinajstić information content (AvgIpc) is 2.35. The van der Waals surface area contributed by atoms with E-state index >= 15 is 0 Å². The van der Waals surface area contributed by atoms with Crippen LogP contribution in [0.3, 0.4) is 0 Å². The van der Waals surface area contributed by atoms with Crippen LogP contribution in [0.25, 0.3) is 10.9 Å². The van der Waals surface area contributed by atoms with Crippen LogP contribution in [-0.4, -0.2) is 34.5 Å². The molecule has 2 aromatic rings. The van der Waals surface area contributed by atoms with Crippen LogP contribution in [0.5, 0.6) is 6.01 Å². The zero-order valence-electron chi connectivity index (χ0n) is 9.07.